The molecule has 0 bridgehead atoms. The van der Waals surface area contributed by atoms with Crippen LogP contribution < -0.4 is 0 Å². The summed E-state index contributed by atoms with van der Waals surface area (Å²) in [5.41, 5.74) is -0.268. The van der Waals surface area contributed by atoms with Gasteiger partial charge in [-0.25, -0.2) is 0 Å². The molecule has 1 saturated carbocycles. The highest BCUT2D eigenvalue weighted by Gasteiger charge is 2.55. The van der Waals surface area contributed by atoms with Gasteiger partial charge in [-0.1, -0.05) is 34.6 Å². The monoisotopic (exact) mass is 374 g/mol. The summed E-state index contributed by atoms with van der Waals surface area (Å²) >= 11 is 0. The summed E-state index contributed by atoms with van der Waals surface area (Å²) in [5, 5.41) is 0.230. The Morgan fingerprint density at radius 3 is 1.96 bits per heavy atom. The standard InChI is InChI=1S/C20H42O4Si/c1-18(2,3)25(10,11)24-14-15-12-13-20(6,23-9)16(19(15,4)5)17(21-7)22-8/h15-17H,12-14H2,1-11H3. The summed E-state index contributed by atoms with van der Waals surface area (Å²) in [4.78, 5) is 0. The topological polar surface area (TPSA) is 36.9 Å². The zero-order valence-corrected chi connectivity index (χ0v) is 19.5. The lowest BCUT2D eigenvalue weighted by Crippen LogP contribution is -2.59. The molecule has 1 aliphatic rings. The molecule has 3 unspecified atom stereocenters. The third-order valence-corrected chi connectivity index (χ3v) is 11.7. The van der Waals surface area contributed by atoms with Crippen LogP contribution in [0, 0.1) is 17.3 Å². The Morgan fingerprint density at radius 1 is 1.04 bits per heavy atom. The summed E-state index contributed by atoms with van der Waals surface area (Å²) in [6, 6.07) is 0. The van der Waals surface area contributed by atoms with Crippen LogP contribution in [-0.2, 0) is 18.6 Å². The normalized spacial score (nSPS) is 30.7. The summed E-state index contributed by atoms with van der Waals surface area (Å²) in [6.45, 7) is 19.2. The number of hydrogen-bond donors (Lipinski definition) is 0. The van der Waals surface area contributed by atoms with Crippen molar-refractivity contribution in [2.45, 2.75) is 84.4 Å². The van der Waals surface area contributed by atoms with Crippen molar-refractivity contribution in [3.8, 4) is 0 Å². The molecule has 0 saturated heterocycles. The minimum Gasteiger partial charge on any atom is -0.417 e. The van der Waals surface area contributed by atoms with Gasteiger partial charge in [-0.05, 0) is 49.2 Å². The molecule has 0 aromatic rings. The van der Waals surface area contributed by atoms with Gasteiger partial charge < -0.3 is 18.6 Å². The van der Waals surface area contributed by atoms with Crippen LogP contribution in [0.1, 0.15) is 54.4 Å². The van der Waals surface area contributed by atoms with Crippen molar-refractivity contribution in [1.82, 2.24) is 0 Å². The molecule has 0 aliphatic heterocycles. The maximum absolute atomic E-state index is 6.58. The van der Waals surface area contributed by atoms with Gasteiger partial charge in [0.05, 0.1) is 5.60 Å². The lowest BCUT2D eigenvalue weighted by molar-refractivity contribution is -0.248. The van der Waals surface area contributed by atoms with E-state index < -0.39 is 8.32 Å². The first-order valence-electron chi connectivity index (χ1n) is 9.51. The molecule has 0 heterocycles. The Hall–Kier alpha value is 0.0569. The molecule has 1 fully saturated rings. The molecular weight excluding hydrogens is 332 g/mol. The van der Waals surface area contributed by atoms with E-state index in [0.29, 0.717) is 5.92 Å². The van der Waals surface area contributed by atoms with E-state index in [1.54, 1.807) is 21.3 Å². The molecule has 4 nitrogen and oxygen atoms in total. The van der Waals surface area contributed by atoms with Gasteiger partial charge in [-0.2, -0.15) is 0 Å². The van der Waals surface area contributed by atoms with Crippen molar-refractivity contribution in [2.24, 2.45) is 17.3 Å². The van der Waals surface area contributed by atoms with Crippen LogP contribution >= 0.6 is 0 Å². The minimum absolute atomic E-state index is 0.0118. The van der Waals surface area contributed by atoms with E-state index in [4.69, 9.17) is 18.6 Å². The largest absolute Gasteiger partial charge is 0.417 e. The molecule has 5 heteroatoms. The zero-order valence-electron chi connectivity index (χ0n) is 18.5. The number of ether oxygens (including phenoxy) is 3. The molecule has 0 radical (unpaired) electrons. The predicted octanol–water partition coefficient (Wildman–Crippen LogP) is 5.08. The first-order chi connectivity index (χ1) is 11.3. The van der Waals surface area contributed by atoms with Gasteiger partial charge in [0.1, 0.15) is 0 Å². The second-order valence-corrected chi connectivity index (χ2v) is 14.8. The molecule has 0 amide bonds. The number of hydrogen-bond acceptors (Lipinski definition) is 4. The third-order valence-electron chi connectivity index (χ3n) is 7.16. The van der Waals surface area contributed by atoms with E-state index in [0.717, 1.165) is 19.4 Å². The SMILES string of the molecule is COC(OC)C1C(C)(OC)CCC(CO[Si](C)(C)C(C)(C)C)C1(C)C. The van der Waals surface area contributed by atoms with Gasteiger partial charge in [0, 0.05) is 33.9 Å². The molecule has 0 spiro atoms. The molecule has 150 valence electrons. The van der Waals surface area contributed by atoms with E-state index in [1.807, 2.05) is 0 Å². The average Bonchev–Trinajstić information content (AvgIpc) is 2.49. The van der Waals surface area contributed by atoms with Gasteiger partial charge >= 0.3 is 0 Å². The van der Waals surface area contributed by atoms with Gasteiger partial charge in [0.15, 0.2) is 14.6 Å². The predicted molar refractivity (Wildman–Crippen MR) is 106 cm³/mol. The lowest BCUT2D eigenvalue weighted by atomic mass is 9.56. The Labute approximate surface area is 157 Å². The Balaban J connectivity index is 3.05. The van der Waals surface area contributed by atoms with E-state index in [1.165, 1.54) is 0 Å². The molecule has 0 N–H and O–H groups in total. The Kier molecular flexibility index (Phi) is 7.36. The maximum Gasteiger partial charge on any atom is 0.191 e. The minimum atomic E-state index is -1.75. The van der Waals surface area contributed by atoms with E-state index >= 15 is 0 Å². The summed E-state index contributed by atoms with van der Waals surface area (Å²) in [6.07, 6.45) is 1.81. The van der Waals surface area contributed by atoms with Crippen molar-refractivity contribution in [3.63, 3.8) is 0 Å². The van der Waals surface area contributed by atoms with Gasteiger partial charge in [0.2, 0.25) is 0 Å². The van der Waals surface area contributed by atoms with Crippen molar-refractivity contribution < 1.29 is 18.6 Å². The average molecular weight is 375 g/mol. The highest BCUT2D eigenvalue weighted by Crippen LogP contribution is 2.53. The van der Waals surface area contributed by atoms with Crippen LogP contribution in [0.15, 0.2) is 0 Å². The highest BCUT2D eigenvalue weighted by atomic mass is 28.4. The quantitative estimate of drug-likeness (QED) is 0.460. The van der Waals surface area contributed by atoms with Gasteiger partial charge in [-0.15, -0.1) is 0 Å². The fourth-order valence-electron chi connectivity index (χ4n) is 4.09. The first-order valence-corrected chi connectivity index (χ1v) is 12.4. The molecule has 25 heavy (non-hydrogen) atoms. The van der Waals surface area contributed by atoms with Crippen LogP contribution in [0.3, 0.4) is 0 Å². The number of rotatable bonds is 7. The van der Waals surface area contributed by atoms with Crippen molar-refractivity contribution in [3.05, 3.63) is 0 Å². The molecular formula is C20H42O4Si. The third kappa shape index (κ3) is 4.67. The smallest absolute Gasteiger partial charge is 0.191 e. The molecule has 0 aromatic heterocycles. The molecule has 0 aromatic carbocycles. The Bertz CT molecular complexity index is 426. The van der Waals surface area contributed by atoms with E-state index in [-0.39, 0.29) is 28.3 Å². The second kappa shape index (κ2) is 7.97. The fraction of sp³-hybridized carbons (Fsp3) is 1.00. The maximum atomic E-state index is 6.58. The van der Waals surface area contributed by atoms with Crippen LogP contribution in [0.25, 0.3) is 0 Å². The fourth-order valence-corrected chi connectivity index (χ4v) is 5.14. The van der Waals surface area contributed by atoms with Crippen LogP contribution in [0.4, 0.5) is 0 Å². The second-order valence-electron chi connectivity index (χ2n) is 9.96. The molecule has 1 rings (SSSR count). The zero-order chi connectivity index (χ0) is 19.7. The first kappa shape index (κ1) is 23.1. The van der Waals surface area contributed by atoms with Crippen molar-refractivity contribution in [2.75, 3.05) is 27.9 Å². The summed E-state index contributed by atoms with van der Waals surface area (Å²) < 4.78 is 23.9. The Morgan fingerprint density at radius 2 is 1.56 bits per heavy atom. The van der Waals surface area contributed by atoms with Crippen LogP contribution in [-0.4, -0.2) is 48.1 Å². The van der Waals surface area contributed by atoms with Gasteiger partial charge in [-0.3, -0.25) is 0 Å². The molecule has 3 atom stereocenters. The van der Waals surface area contributed by atoms with E-state index in [9.17, 15) is 0 Å². The van der Waals surface area contributed by atoms with Crippen LogP contribution in [0.5, 0.6) is 0 Å². The van der Waals surface area contributed by atoms with Gasteiger partial charge in [0.25, 0.3) is 0 Å². The highest BCUT2D eigenvalue weighted by molar-refractivity contribution is 6.74. The van der Waals surface area contributed by atoms with E-state index in [2.05, 4.69) is 54.6 Å². The van der Waals surface area contributed by atoms with Crippen molar-refractivity contribution >= 4 is 8.32 Å². The molecule has 1 aliphatic carbocycles. The van der Waals surface area contributed by atoms with Crippen molar-refractivity contribution in [1.29, 1.82) is 0 Å². The summed E-state index contributed by atoms with van der Waals surface area (Å²) in [7, 11) is 3.49. The lowest BCUT2D eigenvalue weighted by Gasteiger charge is -2.56. The number of methoxy groups -OCH3 is 3. The van der Waals surface area contributed by atoms with Crippen LogP contribution in [0.2, 0.25) is 18.1 Å². The summed E-state index contributed by atoms with van der Waals surface area (Å²) in [5.74, 6) is 0.601.